The van der Waals surface area contributed by atoms with Crippen LogP contribution in [0.5, 0.6) is 11.5 Å². The SMILES string of the molecule is COc1cc(/C=C/C(=O)Nc2ccc(C)cc2Br)ccc1OCC#N. The summed E-state index contributed by atoms with van der Waals surface area (Å²) in [6.07, 6.45) is 3.12. The van der Waals surface area contributed by atoms with E-state index in [9.17, 15) is 4.79 Å². The van der Waals surface area contributed by atoms with Gasteiger partial charge in [-0.2, -0.15) is 5.26 Å². The number of benzene rings is 2. The predicted octanol–water partition coefficient (Wildman–Crippen LogP) is 4.32. The maximum absolute atomic E-state index is 12.1. The highest BCUT2D eigenvalue weighted by molar-refractivity contribution is 9.10. The number of anilines is 1. The van der Waals surface area contributed by atoms with Crippen LogP contribution in [-0.4, -0.2) is 19.6 Å². The molecule has 0 radical (unpaired) electrons. The van der Waals surface area contributed by atoms with Crippen molar-refractivity contribution in [3.8, 4) is 17.6 Å². The molecule has 2 aromatic carbocycles. The summed E-state index contributed by atoms with van der Waals surface area (Å²) in [6, 6.07) is 12.8. The first-order valence-corrected chi connectivity index (χ1v) is 8.26. The monoisotopic (exact) mass is 400 g/mol. The summed E-state index contributed by atoms with van der Waals surface area (Å²) in [5.41, 5.74) is 2.59. The summed E-state index contributed by atoms with van der Waals surface area (Å²) < 4.78 is 11.3. The largest absolute Gasteiger partial charge is 0.493 e. The number of methoxy groups -OCH3 is 1. The fourth-order valence-corrected chi connectivity index (χ4v) is 2.68. The normalized spacial score (nSPS) is 10.3. The highest BCUT2D eigenvalue weighted by Gasteiger charge is 2.06. The lowest BCUT2D eigenvalue weighted by atomic mass is 10.2. The third-order valence-corrected chi connectivity index (χ3v) is 3.95. The second kappa shape index (κ2) is 8.90. The Balaban J connectivity index is 2.07. The van der Waals surface area contributed by atoms with Crippen molar-refractivity contribution < 1.29 is 14.3 Å². The molecule has 0 aliphatic rings. The molecule has 128 valence electrons. The lowest BCUT2D eigenvalue weighted by molar-refractivity contribution is -0.111. The smallest absolute Gasteiger partial charge is 0.248 e. The molecule has 6 heteroatoms. The molecule has 0 saturated carbocycles. The first kappa shape index (κ1) is 18.6. The molecule has 0 aliphatic carbocycles. The number of carbonyl (C=O) groups excluding carboxylic acids is 1. The maximum atomic E-state index is 12.1. The Morgan fingerprint density at radius 2 is 2.08 bits per heavy atom. The van der Waals surface area contributed by atoms with Crippen molar-refractivity contribution in [1.82, 2.24) is 0 Å². The number of nitrogens with zero attached hydrogens (tertiary/aromatic N) is 1. The van der Waals surface area contributed by atoms with Crippen LogP contribution < -0.4 is 14.8 Å². The van der Waals surface area contributed by atoms with E-state index in [4.69, 9.17) is 14.7 Å². The predicted molar refractivity (Wildman–Crippen MR) is 101 cm³/mol. The third kappa shape index (κ3) is 5.37. The second-order valence-electron chi connectivity index (χ2n) is 5.16. The Labute approximate surface area is 155 Å². The van der Waals surface area contributed by atoms with Gasteiger partial charge in [0.2, 0.25) is 5.91 Å². The molecule has 0 atom stereocenters. The molecule has 2 aromatic rings. The molecular weight excluding hydrogens is 384 g/mol. The standard InChI is InChI=1S/C19H17BrN2O3/c1-13-3-6-16(15(20)11-13)22-19(23)8-5-14-4-7-17(25-10-9-21)18(12-14)24-2/h3-8,11-12H,10H2,1-2H3,(H,22,23)/b8-5+. The van der Waals surface area contributed by atoms with Crippen LogP contribution in [-0.2, 0) is 4.79 Å². The average Bonchev–Trinajstić information content (AvgIpc) is 2.60. The summed E-state index contributed by atoms with van der Waals surface area (Å²) in [4.78, 5) is 12.1. The summed E-state index contributed by atoms with van der Waals surface area (Å²) in [7, 11) is 1.52. The Morgan fingerprint density at radius 1 is 1.28 bits per heavy atom. The van der Waals surface area contributed by atoms with E-state index in [0.717, 1.165) is 15.6 Å². The van der Waals surface area contributed by atoms with Crippen molar-refractivity contribution in [2.45, 2.75) is 6.92 Å². The molecule has 1 N–H and O–H groups in total. The van der Waals surface area contributed by atoms with Crippen LogP contribution in [0.1, 0.15) is 11.1 Å². The first-order chi connectivity index (χ1) is 12.0. The molecule has 0 aliphatic heterocycles. The van der Waals surface area contributed by atoms with E-state index in [-0.39, 0.29) is 12.5 Å². The van der Waals surface area contributed by atoms with Gasteiger partial charge in [-0.3, -0.25) is 4.79 Å². The Kier molecular flexibility index (Phi) is 6.61. The van der Waals surface area contributed by atoms with Crippen molar-refractivity contribution in [2.24, 2.45) is 0 Å². The van der Waals surface area contributed by atoms with Gasteiger partial charge in [0, 0.05) is 10.5 Å². The highest BCUT2D eigenvalue weighted by Crippen LogP contribution is 2.28. The third-order valence-electron chi connectivity index (χ3n) is 3.29. The number of aryl methyl sites for hydroxylation is 1. The average molecular weight is 401 g/mol. The number of amides is 1. The van der Waals surface area contributed by atoms with E-state index < -0.39 is 0 Å². The molecule has 0 bridgehead atoms. The van der Waals surface area contributed by atoms with Crippen LogP contribution in [0.15, 0.2) is 46.9 Å². The zero-order chi connectivity index (χ0) is 18.2. The number of carbonyl (C=O) groups is 1. The van der Waals surface area contributed by atoms with Crippen molar-refractivity contribution in [2.75, 3.05) is 19.0 Å². The van der Waals surface area contributed by atoms with E-state index in [1.807, 2.05) is 31.2 Å². The number of hydrogen-bond donors (Lipinski definition) is 1. The minimum absolute atomic E-state index is 0.0562. The topological polar surface area (TPSA) is 71.3 Å². The van der Waals surface area contributed by atoms with Crippen LogP contribution >= 0.6 is 15.9 Å². The van der Waals surface area contributed by atoms with Gasteiger partial charge in [0.1, 0.15) is 6.07 Å². The van der Waals surface area contributed by atoms with Crippen molar-refractivity contribution in [1.29, 1.82) is 5.26 Å². The molecular formula is C19H17BrN2O3. The summed E-state index contributed by atoms with van der Waals surface area (Å²) in [5.74, 6) is 0.738. The number of hydrogen-bond acceptors (Lipinski definition) is 4. The van der Waals surface area contributed by atoms with Gasteiger partial charge in [-0.05, 0) is 64.3 Å². The number of nitriles is 1. The molecule has 1 amide bonds. The van der Waals surface area contributed by atoms with Gasteiger partial charge >= 0.3 is 0 Å². The van der Waals surface area contributed by atoms with E-state index in [0.29, 0.717) is 17.2 Å². The molecule has 0 fully saturated rings. The molecule has 5 nitrogen and oxygen atoms in total. The van der Waals surface area contributed by atoms with Crippen molar-refractivity contribution in [3.63, 3.8) is 0 Å². The molecule has 0 heterocycles. The summed E-state index contributed by atoms with van der Waals surface area (Å²) in [6.45, 7) is 1.92. The zero-order valence-corrected chi connectivity index (χ0v) is 15.5. The van der Waals surface area contributed by atoms with Crippen LogP contribution in [0.2, 0.25) is 0 Å². The number of rotatable bonds is 6. The Bertz CT molecular complexity index is 841. The van der Waals surface area contributed by atoms with Gasteiger partial charge in [-0.15, -0.1) is 0 Å². The molecule has 25 heavy (non-hydrogen) atoms. The van der Waals surface area contributed by atoms with E-state index >= 15 is 0 Å². The van der Waals surface area contributed by atoms with E-state index in [1.165, 1.54) is 13.2 Å². The van der Waals surface area contributed by atoms with Gasteiger partial charge in [-0.25, -0.2) is 0 Å². The maximum Gasteiger partial charge on any atom is 0.248 e. The highest BCUT2D eigenvalue weighted by atomic mass is 79.9. The summed E-state index contributed by atoms with van der Waals surface area (Å²) >= 11 is 3.43. The molecule has 0 saturated heterocycles. The Morgan fingerprint density at radius 3 is 2.76 bits per heavy atom. The zero-order valence-electron chi connectivity index (χ0n) is 13.9. The lowest BCUT2D eigenvalue weighted by Crippen LogP contribution is -2.08. The Hall–Kier alpha value is -2.78. The lowest BCUT2D eigenvalue weighted by Gasteiger charge is -2.09. The quantitative estimate of drug-likeness (QED) is 0.732. The minimum Gasteiger partial charge on any atom is -0.493 e. The van der Waals surface area contributed by atoms with Gasteiger partial charge in [0.25, 0.3) is 0 Å². The van der Waals surface area contributed by atoms with Crippen LogP contribution in [0, 0.1) is 18.3 Å². The van der Waals surface area contributed by atoms with Crippen LogP contribution in [0.25, 0.3) is 6.08 Å². The number of ether oxygens (including phenoxy) is 2. The summed E-state index contributed by atoms with van der Waals surface area (Å²) in [5, 5.41) is 11.4. The second-order valence-corrected chi connectivity index (χ2v) is 6.02. The van der Waals surface area contributed by atoms with Gasteiger partial charge < -0.3 is 14.8 Å². The first-order valence-electron chi connectivity index (χ1n) is 7.46. The fraction of sp³-hybridized carbons (Fsp3) is 0.158. The van der Waals surface area contributed by atoms with Crippen LogP contribution in [0.4, 0.5) is 5.69 Å². The fourth-order valence-electron chi connectivity index (χ4n) is 2.08. The molecule has 2 rings (SSSR count). The van der Waals surface area contributed by atoms with E-state index in [2.05, 4.69) is 21.2 Å². The molecule has 0 aromatic heterocycles. The van der Waals surface area contributed by atoms with Crippen LogP contribution in [0.3, 0.4) is 0 Å². The molecule has 0 spiro atoms. The van der Waals surface area contributed by atoms with E-state index in [1.54, 1.807) is 24.3 Å². The minimum atomic E-state index is -0.242. The number of nitrogens with one attached hydrogen (secondary N) is 1. The van der Waals surface area contributed by atoms with Crippen molar-refractivity contribution >= 4 is 33.6 Å². The molecule has 0 unspecified atom stereocenters. The van der Waals surface area contributed by atoms with Gasteiger partial charge in [0.05, 0.1) is 12.8 Å². The number of halogens is 1. The van der Waals surface area contributed by atoms with Gasteiger partial charge in [0.15, 0.2) is 18.1 Å². The van der Waals surface area contributed by atoms with Gasteiger partial charge in [-0.1, -0.05) is 12.1 Å². The van der Waals surface area contributed by atoms with Crippen molar-refractivity contribution in [3.05, 3.63) is 58.1 Å².